The first-order valence-electron chi connectivity index (χ1n) is 10.7. The number of carbonyl (C=O) groups is 1. The van der Waals surface area contributed by atoms with E-state index >= 15 is 0 Å². The standard InChI is InChI=1S/C27H19NO5/c29-26(28-18-9-2-1-3-10-18)25-22(17-14-16-8-4-6-12-20(16)31-15-17)23-24(33-25)19-11-5-7-13-21(19)32-27(23)30/h1-14,22,25H,15H2,(H,28,29)/t22-,25+/m0/s1. The van der Waals surface area contributed by atoms with Crippen molar-refractivity contribution in [3.63, 3.8) is 0 Å². The van der Waals surface area contributed by atoms with E-state index in [-0.39, 0.29) is 12.5 Å². The van der Waals surface area contributed by atoms with E-state index in [1.54, 1.807) is 24.3 Å². The molecule has 33 heavy (non-hydrogen) atoms. The number of hydrogen-bond acceptors (Lipinski definition) is 5. The molecule has 0 fully saturated rings. The minimum Gasteiger partial charge on any atom is -0.489 e. The molecule has 4 aromatic rings. The SMILES string of the molecule is O=C(Nc1ccccc1)[C@@H]1Oc2c(c(=O)oc3ccccc23)[C@@H]1C1=Cc2ccccc2OC1. The fourth-order valence-electron chi connectivity index (χ4n) is 4.51. The van der Waals surface area contributed by atoms with E-state index in [2.05, 4.69) is 5.32 Å². The van der Waals surface area contributed by atoms with Gasteiger partial charge in [0.05, 0.1) is 16.9 Å². The highest BCUT2D eigenvalue weighted by Crippen LogP contribution is 2.46. The lowest BCUT2D eigenvalue weighted by atomic mass is 9.86. The van der Waals surface area contributed by atoms with Gasteiger partial charge in [0.15, 0.2) is 6.10 Å². The summed E-state index contributed by atoms with van der Waals surface area (Å²) in [7, 11) is 0. The zero-order valence-corrected chi connectivity index (χ0v) is 17.5. The zero-order chi connectivity index (χ0) is 22.4. The largest absolute Gasteiger partial charge is 0.489 e. The molecule has 0 radical (unpaired) electrons. The number of hydrogen-bond donors (Lipinski definition) is 1. The molecule has 3 aromatic carbocycles. The molecule has 0 unspecified atom stereocenters. The Morgan fingerprint density at radius 2 is 1.67 bits per heavy atom. The van der Waals surface area contributed by atoms with Crippen LogP contribution in [0.1, 0.15) is 17.0 Å². The Morgan fingerprint density at radius 1 is 0.909 bits per heavy atom. The molecule has 0 saturated carbocycles. The van der Waals surface area contributed by atoms with Gasteiger partial charge >= 0.3 is 5.63 Å². The average molecular weight is 437 g/mol. The number of para-hydroxylation sites is 3. The van der Waals surface area contributed by atoms with Crippen molar-refractivity contribution in [2.75, 3.05) is 11.9 Å². The molecule has 6 rings (SSSR count). The van der Waals surface area contributed by atoms with Gasteiger partial charge in [0.25, 0.3) is 5.91 Å². The summed E-state index contributed by atoms with van der Waals surface area (Å²) in [4.78, 5) is 26.5. The summed E-state index contributed by atoms with van der Waals surface area (Å²) >= 11 is 0. The second kappa shape index (κ2) is 7.67. The number of anilines is 1. The molecule has 1 N–H and O–H groups in total. The average Bonchev–Trinajstić information content (AvgIpc) is 3.26. The lowest BCUT2D eigenvalue weighted by Crippen LogP contribution is -2.37. The van der Waals surface area contributed by atoms with Gasteiger partial charge in [-0.2, -0.15) is 0 Å². The lowest BCUT2D eigenvalue weighted by Gasteiger charge is -2.24. The van der Waals surface area contributed by atoms with Crippen LogP contribution >= 0.6 is 0 Å². The van der Waals surface area contributed by atoms with Gasteiger partial charge in [-0.3, -0.25) is 4.79 Å². The van der Waals surface area contributed by atoms with E-state index in [0.717, 1.165) is 16.9 Å². The molecule has 2 aliphatic rings. The first-order valence-corrected chi connectivity index (χ1v) is 10.7. The van der Waals surface area contributed by atoms with Crippen LogP contribution in [0.3, 0.4) is 0 Å². The van der Waals surface area contributed by atoms with Gasteiger partial charge in [-0.05, 0) is 42.0 Å². The molecule has 0 spiro atoms. The van der Waals surface area contributed by atoms with Gasteiger partial charge in [-0.25, -0.2) is 4.79 Å². The number of amides is 1. The maximum Gasteiger partial charge on any atom is 0.344 e. The molecular weight excluding hydrogens is 418 g/mol. The van der Waals surface area contributed by atoms with E-state index in [0.29, 0.717) is 28.0 Å². The predicted molar refractivity (Wildman–Crippen MR) is 125 cm³/mol. The second-order valence-corrected chi connectivity index (χ2v) is 8.05. The number of fused-ring (bicyclic) bond motifs is 4. The van der Waals surface area contributed by atoms with Crippen molar-refractivity contribution in [1.82, 2.24) is 0 Å². The Morgan fingerprint density at radius 3 is 2.55 bits per heavy atom. The van der Waals surface area contributed by atoms with Crippen LogP contribution in [0.2, 0.25) is 0 Å². The smallest absolute Gasteiger partial charge is 0.344 e. The monoisotopic (exact) mass is 437 g/mol. The van der Waals surface area contributed by atoms with Crippen LogP contribution in [0.5, 0.6) is 11.5 Å². The molecule has 2 aliphatic heterocycles. The van der Waals surface area contributed by atoms with Crippen LogP contribution < -0.4 is 20.4 Å². The third-order valence-corrected chi connectivity index (χ3v) is 6.01. The van der Waals surface area contributed by atoms with Crippen LogP contribution in [0.25, 0.3) is 17.0 Å². The number of benzene rings is 3. The van der Waals surface area contributed by atoms with E-state index in [1.165, 1.54) is 0 Å². The summed E-state index contributed by atoms with van der Waals surface area (Å²) in [6.07, 6.45) is 1.02. The molecule has 2 atom stereocenters. The minimum absolute atomic E-state index is 0.242. The summed E-state index contributed by atoms with van der Waals surface area (Å²) in [5.74, 6) is 0.166. The first kappa shape index (κ1) is 19.4. The molecule has 3 heterocycles. The quantitative estimate of drug-likeness (QED) is 0.468. The van der Waals surface area contributed by atoms with Crippen molar-refractivity contribution < 1.29 is 18.7 Å². The lowest BCUT2D eigenvalue weighted by molar-refractivity contribution is -0.122. The Balaban J connectivity index is 1.49. The maximum absolute atomic E-state index is 13.4. The summed E-state index contributed by atoms with van der Waals surface area (Å²) in [6, 6.07) is 24.0. The number of carbonyl (C=O) groups excluding carboxylic acids is 1. The Hall–Kier alpha value is -4.32. The van der Waals surface area contributed by atoms with Crippen molar-refractivity contribution >= 4 is 28.6 Å². The molecule has 1 amide bonds. The number of nitrogens with one attached hydrogen (secondary N) is 1. The highest BCUT2D eigenvalue weighted by atomic mass is 16.5. The molecular formula is C27H19NO5. The van der Waals surface area contributed by atoms with Crippen LogP contribution in [-0.2, 0) is 4.79 Å². The molecule has 0 saturated heterocycles. The van der Waals surface area contributed by atoms with Gasteiger partial charge in [-0.1, -0.05) is 48.5 Å². The highest BCUT2D eigenvalue weighted by Gasteiger charge is 2.45. The van der Waals surface area contributed by atoms with Crippen molar-refractivity contribution in [1.29, 1.82) is 0 Å². The predicted octanol–water partition coefficient (Wildman–Crippen LogP) is 4.75. The molecule has 6 heteroatoms. The molecule has 6 nitrogen and oxygen atoms in total. The fourth-order valence-corrected chi connectivity index (χ4v) is 4.51. The minimum atomic E-state index is -0.950. The third-order valence-electron chi connectivity index (χ3n) is 6.01. The normalized spacial score (nSPS) is 18.5. The highest BCUT2D eigenvalue weighted by molar-refractivity contribution is 5.98. The van der Waals surface area contributed by atoms with Crippen LogP contribution in [0, 0.1) is 0 Å². The Labute approximate surface area is 189 Å². The summed E-state index contributed by atoms with van der Waals surface area (Å²) in [5, 5.41) is 3.57. The van der Waals surface area contributed by atoms with Gasteiger partial charge in [0.1, 0.15) is 23.7 Å². The number of ether oxygens (including phenoxy) is 2. The third kappa shape index (κ3) is 3.27. The molecule has 0 aliphatic carbocycles. The molecule has 1 aromatic heterocycles. The van der Waals surface area contributed by atoms with E-state index in [4.69, 9.17) is 13.9 Å². The van der Waals surface area contributed by atoms with Crippen LogP contribution in [0.4, 0.5) is 5.69 Å². The van der Waals surface area contributed by atoms with Crippen LogP contribution in [0.15, 0.2) is 93.6 Å². The Bertz CT molecular complexity index is 1470. The molecule has 162 valence electrons. The topological polar surface area (TPSA) is 77.8 Å². The van der Waals surface area contributed by atoms with Crippen molar-refractivity contribution in [2.24, 2.45) is 0 Å². The number of rotatable bonds is 3. The van der Waals surface area contributed by atoms with E-state index < -0.39 is 17.6 Å². The van der Waals surface area contributed by atoms with Crippen molar-refractivity contribution in [3.8, 4) is 11.5 Å². The van der Waals surface area contributed by atoms with E-state index in [1.807, 2.05) is 60.7 Å². The summed E-state index contributed by atoms with van der Waals surface area (Å²) in [6.45, 7) is 0.242. The maximum atomic E-state index is 13.4. The van der Waals surface area contributed by atoms with Gasteiger partial charge in [0.2, 0.25) is 0 Å². The van der Waals surface area contributed by atoms with E-state index in [9.17, 15) is 9.59 Å². The summed E-state index contributed by atoms with van der Waals surface area (Å²) < 4.78 is 17.8. The zero-order valence-electron chi connectivity index (χ0n) is 17.5. The Kier molecular flexibility index (Phi) is 4.50. The second-order valence-electron chi connectivity index (χ2n) is 8.05. The van der Waals surface area contributed by atoms with Gasteiger partial charge in [-0.15, -0.1) is 0 Å². The van der Waals surface area contributed by atoms with Gasteiger partial charge < -0.3 is 19.2 Å². The van der Waals surface area contributed by atoms with Crippen molar-refractivity contribution in [2.45, 2.75) is 12.0 Å². The summed E-state index contributed by atoms with van der Waals surface area (Å²) in [5.41, 5.74) is 2.57. The first-order chi connectivity index (χ1) is 16.2. The van der Waals surface area contributed by atoms with Gasteiger partial charge in [0, 0.05) is 11.3 Å². The van der Waals surface area contributed by atoms with Crippen molar-refractivity contribution in [3.05, 3.63) is 106 Å². The van der Waals surface area contributed by atoms with Crippen LogP contribution in [-0.4, -0.2) is 18.6 Å². The fraction of sp³-hybridized carbons (Fsp3) is 0.111. The molecule has 0 bridgehead atoms.